The van der Waals surface area contributed by atoms with Gasteiger partial charge in [0.25, 0.3) is 11.8 Å². The van der Waals surface area contributed by atoms with Gasteiger partial charge in [-0.3, -0.25) is 19.0 Å². The van der Waals surface area contributed by atoms with Gasteiger partial charge in [0.05, 0.1) is 31.3 Å². The lowest BCUT2D eigenvalue weighted by Crippen LogP contribution is -2.50. The van der Waals surface area contributed by atoms with Crippen LogP contribution in [0.4, 0.5) is 5.69 Å². The minimum Gasteiger partial charge on any atom is -0.490 e. The fourth-order valence-corrected chi connectivity index (χ4v) is 11.6. The predicted molar refractivity (Wildman–Crippen MR) is 200 cm³/mol. The van der Waals surface area contributed by atoms with Crippen LogP contribution in [0.1, 0.15) is 83.7 Å². The van der Waals surface area contributed by atoms with Gasteiger partial charge in [-0.15, -0.1) is 9.46 Å². The number of anilines is 1. The van der Waals surface area contributed by atoms with Gasteiger partial charge in [0.1, 0.15) is 21.2 Å². The summed E-state index contributed by atoms with van der Waals surface area (Å²) in [5, 5.41) is 4.92. The highest BCUT2D eigenvalue weighted by atomic mass is 35.5. The summed E-state index contributed by atoms with van der Waals surface area (Å²) in [6.45, 7) is 4.84. The van der Waals surface area contributed by atoms with Crippen molar-refractivity contribution in [3.63, 3.8) is 0 Å². The zero-order chi connectivity index (χ0) is 36.2. The molecule has 7 atom stereocenters. The molecule has 2 aliphatic carbocycles. The van der Waals surface area contributed by atoms with E-state index in [1.165, 1.54) is 29.1 Å². The topological polar surface area (TPSA) is 124 Å². The first kappa shape index (κ1) is 35.4. The Balaban J connectivity index is 1.20. The van der Waals surface area contributed by atoms with Crippen LogP contribution in [0, 0.1) is 23.7 Å². The van der Waals surface area contributed by atoms with Gasteiger partial charge in [-0.05, 0) is 116 Å². The molecule has 1 saturated heterocycles. The number of carbonyl (C=O) groups is 2. The first-order valence-corrected chi connectivity index (χ1v) is 20.7. The van der Waals surface area contributed by atoms with E-state index in [0.29, 0.717) is 35.7 Å². The molecule has 0 radical (unpaired) electrons. The lowest BCUT2D eigenvalue weighted by atomic mass is 9.66. The first-order valence-electron chi connectivity index (χ1n) is 18.6. The number of nitrogens with one attached hydrogen (secondary N) is 1. The van der Waals surface area contributed by atoms with Crippen molar-refractivity contribution in [1.29, 1.82) is 0 Å². The van der Waals surface area contributed by atoms with E-state index in [4.69, 9.17) is 25.8 Å². The van der Waals surface area contributed by atoms with Gasteiger partial charge in [0.2, 0.25) is 5.88 Å². The number of halogens is 1. The maximum Gasteiger partial charge on any atom is 0.286 e. The standard InChI is InChI=1S/C39H48ClN5O6S/c1-24-6-7-25-14-16-50-35(25)30-11-8-28(30)19-45-22-39(15-4-5-26-17-29(40)10-12-32(26)39)23-51-34-13-9-27(18-33(34)45)36(46)42-52(48,21-24)43-37(47)31-20-44(2)41-38(31)49-3/h9-10,12-13,17-18,20,24-25,28,30,35H,4-8,11,14-16,19,21-23H2,1-3H3,(H,42,43,46,47,48)/t24-,25-,28-,30+,35-,39-,52?/m0/s1. The molecule has 2 fully saturated rings. The number of aromatic nitrogens is 2. The third-order valence-electron chi connectivity index (χ3n) is 12.2. The number of benzene rings is 2. The monoisotopic (exact) mass is 749 g/mol. The highest BCUT2D eigenvalue weighted by Gasteiger charge is 2.47. The molecule has 1 unspecified atom stereocenters. The van der Waals surface area contributed by atoms with E-state index in [2.05, 4.69) is 31.2 Å². The number of amides is 2. The molecule has 2 bridgehead atoms. The van der Waals surface area contributed by atoms with E-state index in [0.717, 1.165) is 81.8 Å². The summed E-state index contributed by atoms with van der Waals surface area (Å²) in [7, 11) is -0.474. The molecule has 1 aromatic heterocycles. The Hall–Kier alpha value is -3.61. The van der Waals surface area contributed by atoms with Crippen LogP contribution in [-0.2, 0) is 33.5 Å². The zero-order valence-electron chi connectivity index (χ0n) is 30.1. The molecule has 278 valence electrons. The normalized spacial score (nSPS) is 31.6. The van der Waals surface area contributed by atoms with Crippen LogP contribution < -0.4 is 19.1 Å². The van der Waals surface area contributed by atoms with Crippen LogP contribution in [-0.4, -0.2) is 71.1 Å². The fraction of sp³-hybridized carbons (Fsp3) is 0.564. The number of hydrogen-bond donors (Lipinski definition) is 1. The van der Waals surface area contributed by atoms with E-state index < -0.39 is 21.7 Å². The van der Waals surface area contributed by atoms with E-state index in [9.17, 15) is 13.8 Å². The van der Waals surface area contributed by atoms with Gasteiger partial charge < -0.3 is 19.1 Å². The number of hydrogen-bond acceptors (Lipinski definition) is 8. The second-order valence-electron chi connectivity index (χ2n) is 15.7. The molecule has 5 aliphatic rings. The number of methoxy groups -OCH3 is 1. The Morgan fingerprint density at radius 3 is 2.77 bits per heavy atom. The van der Waals surface area contributed by atoms with Crippen LogP contribution in [0.15, 0.2) is 47.0 Å². The second-order valence-corrected chi connectivity index (χ2v) is 18.2. The van der Waals surface area contributed by atoms with Crippen molar-refractivity contribution in [3.05, 3.63) is 69.9 Å². The minimum absolute atomic E-state index is 0.0312. The molecular weight excluding hydrogens is 702 g/mol. The zero-order valence-corrected chi connectivity index (χ0v) is 31.7. The van der Waals surface area contributed by atoms with Gasteiger partial charge in [0.15, 0.2) is 0 Å². The van der Waals surface area contributed by atoms with Gasteiger partial charge >= 0.3 is 0 Å². The molecule has 52 heavy (non-hydrogen) atoms. The quantitative estimate of drug-likeness (QED) is 0.328. The van der Waals surface area contributed by atoms with Gasteiger partial charge in [0, 0.05) is 48.9 Å². The summed E-state index contributed by atoms with van der Waals surface area (Å²) in [6.07, 6.45) is 9.67. The average Bonchev–Trinajstić information content (AvgIpc) is 3.68. The predicted octanol–water partition coefficient (Wildman–Crippen LogP) is 6.37. The lowest BCUT2D eigenvalue weighted by Gasteiger charge is -2.46. The van der Waals surface area contributed by atoms with E-state index in [1.54, 1.807) is 13.1 Å². The minimum atomic E-state index is -3.56. The van der Waals surface area contributed by atoms with E-state index in [-0.39, 0.29) is 34.6 Å². The fourth-order valence-electron chi connectivity index (χ4n) is 9.45. The van der Waals surface area contributed by atoms with E-state index in [1.807, 2.05) is 25.1 Å². The lowest BCUT2D eigenvalue weighted by molar-refractivity contribution is -0.0257. The number of rotatable bonds is 3. The number of carbonyl (C=O) groups excluding carboxylic acids is 2. The Morgan fingerprint density at radius 2 is 1.96 bits per heavy atom. The van der Waals surface area contributed by atoms with Crippen molar-refractivity contribution in [3.8, 4) is 11.6 Å². The molecule has 1 N–H and O–H groups in total. The third-order valence-corrected chi connectivity index (χ3v) is 14.4. The number of nitrogens with zero attached hydrogens (tertiary/aromatic N) is 4. The van der Waals surface area contributed by atoms with Crippen molar-refractivity contribution in [1.82, 2.24) is 14.5 Å². The van der Waals surface area contributed by atoms with Crippen LogP contribution in [0.25, 0.3) is 0 Å². The highest BCUT2D eigenvalue weighted by molar-refractivity contribution is 7.92. The summed E-state index contributed by atoms with van der Waals surface area (Å²) in [6, 6.07) is 11.6. The maximum atomic E-state index is 14.7. The maximum absolute atomic E-state index is 14.7. The summed E-state index contributed by atoms with van der Waals surface area (Å²) in [5.41, 5.74) is 3.56. The number of aryl methyl sites for hydroxylation is 2. The van der Waals surface area contributed by atoms with Crippen molar-refractivity contribution >= 4 is 39.0 Å². The Bertz CT molecular complexity index is 2010. The molecule has 11 nitrogen and oxygen atoms in total. The Kier molecular flexibility index (Phi) is 9.53. The third kappa shape index (κ3) is 6.71. The molecule has 1 saturated carbocycles. The molecule has 3 aromatic rings. The first-order chi connectivity index (χ1) is 25.0. The summed E-state index contributed by atoms with van der Waals surface area (Å²) in [5.74, 6) is 0.777. The summed E-state index contributed by atoms with van der Waals surface area (Å²) in [4.78, 5) is 30.1. The van der Waals surface area contributed by atoms with Gasteiger partial charge in [-0.1, -0.05) is 24.6 Å². The molecule has 2 aromatic carbocycles. The Morgan fingerprint density at radius 1 is 1.12 bits per heavy atom. The van der Waals surface area contributed by atoms with Crippen LogP contribution in [0.3, 0.4) is 0 Å². The molecule has 3 aliphatic heterocycles. The van der Waals surface area contributed by atoms with Crippen molar-refractivity contribution in [2.75, 3.05) is 44.1 Å². The smallest absolute Gasteiger partial charge is 0.286 e. The van der Waals surface area contributed by atoms with Crippen molar-refractivity contribution in [2.45, 2.75) is 69.8 Å². The molecule has 13 heteroatoms. The van der Waals surface area contributed by atoms with Crippen LogP contribution in [0.5, 0.6) is 11.6 Å². The van der Waals surface area contributed by atoms with E-state index >= 15 is 0 Å². The molecular formula is C39H48ClN5O6S. The summed E-state index contributed by atoms with van der Waals surface area (Å²) >= 11 is 6.48. The second kappa shape index (κ2) is 14.0. The van der Waals surface area contributed by atoms with Crippen molar-refractivity contribution in [2.24, 2.45) is 35.1 Å². The number of fused-ring (bicyclic) bond motifs is 6. The van der Waals surface area contributed by atoms with Gasteiger partial charge in [-0.25, -0.2) is 4.21 Å². The largest absolute Gasteiger partial charge is 0.490 e. The average molecular weight is 750 g/mol. The molecule has 2 amide bonds. The van der Waals surface area contributed by atoms with Gasteiger partial charge in [-0.2, -0.15) is 0 Å². The highest BCUT2D eigenvalue weighted by Crippen LogP contribution is 2.49. The molecule has 1 spiro atoms. The van der Waals surface area contributed by atoms with Crippen LogP contribution >= 0.6 is 11.6 Å². The molecule has 4 heterocycles. The SMILES string of the molecule is COc1nn(C)cc1C(=O)NS1(=O)=NC(=O)c2ccc3c(c2)N(C[C@@H]2CC[C@H]2[C@H]2OCC[C@@H]2CC[C@H](C)C1)C[C@@]1(CCCc2cc(Cl)ccc21)CO3. The molecule has 8 rings (SSSR count). The number of ether oxygens (including phenoxy) is 3. The Labute approximate surface area is 311 Å². The summed E-state index contributed by atoms with van der Waals surface area (Å²) < 4.78 is 41.6. The van der Waals surface area contributed by atoms with Crippen LogP contribution in [0.2, 0.25) is 5.02 Å². The van der Waals surface area contributed by atoms with Crippen molar-refractivity contribution < 1.29 is 28.0 Å².